The van der Waals surface area contributed by atoms with Crippen molar-refractivity contribution in [2.45, 2.75) is 90.4 Å². The van der Waals surface area contributed by atoms with Crippen LogP contribution in [0.2, 0.25) is 0 Å². The Morgan fingerprint density at radius 3 is 2.75 bits per heavy atom. The molecule has 3 aliphatic carbocycles. The molecular formula is C28H45NO3. The Morgan fingerprint density at radius 1 is 1.22 bits per heavy atom. The molecule has 0 amide bonds. The monoisotopic (exact) mass is 443 g/mol. The third-order valence-corrected chi connectivity index (χ3v) is 9.31. The first-order chi connectivity index (χ1) is 15.1. The Bertz CT molecular complexity index is 769. The van der Waals surface area contributed by atoms with E-state index in [1.165, 1.54) is 38.6 Å². The summed E-state index contributed by atoms with van der Waals surface area (Å²) in [6, 6.07) is 0. The van der Waals surface area contributed by atoms with Crippen molar-refractivity contribution in [3.8, 4) is 0 Å². The highest BCUT2D eigenvalue weighted by molar-refractivity contribution is 5.38. The number of hydrogen-bond donors (Lipinski definition) is 2. The van der Waals surface area contributed by atoms with Gasteiger partial charge in [-0.1, -0.05) is 38.2 Å². The highest BCUT2D eigenvalue weighted by Gasteiger charge is 2.51. The first-order valence-corrected chi connectivity index (χ1v) is 12.9. The van der Waals surface area contributed by atoms with Crippen molar-refractivity contribution in [1.29, 1.82) is 0 Å². The lowest BCUT2D eigenvalue weighted by molar-refractivity contribution is -0.0638. The summed E-state index contributed by atoms with van der Waals surface area (Å²) in [5.74, 6) is 2.10. The van der Waals surface area contributed by atoms with Crippen LogP contribution in [-0.2, 0) is 4.74 Å². The Morgan fingerprint density at radius 2 is 2.00 bits per heavy atom. The smallest absolute Gasteiger partial charge is 0.0811 e. The zero-order chi connectivity index (χ0) is 23.1. The summed E-state index contributed by atoms with van der Waals surface area (Å²) in [4.78, 5) is 2.66. The molecule has 2 N–H and O–H groups in total. The Balaban J connectivity index is 1.48. The molecule has 0 radical (unpaired) electrons. The molecule has 0 aromatic heterocycles. The first kappa shape index (κ1) is 24.2. The van der Waals surface area contributed by atoms with E-state index in [9.17, 15) is 10.2 Å². The zero-order valence-corrected chi connectivity index (χ0v) is 20.8. The van der Waals surface area contributed by atoms with Gasteiger partial charge in [0.15, 0.2) is 0 Å². The van der Waals surface area contributed by atoms with Gasteiger partial charge in [0.25, 0.3) is 0 Å². The van der Waals surface area contributed by atoms with Gasteiger partial charge in [0, 0.05) is 25.0 Å². The van der Waals surface area contributed by atoms with Crippen LogP contribution in [0.15, 0.2) is 35.5 Å². The molecule has 4 nitrogen and oxygen atoms in total. The molecule has 4 rings (SSSR count). The maximum Gasteiger partial charge on any atom is 0.0811 e. The highest BCUT2D eigenvalue weighted by Crippen LogP contribution is 2.59. The predicted molar refractivity (Wildman–Crippen MR) is 130 cm³/mol. The van der Waals surface area contributed by atoms with Gasteiger partial charge in [0.1, 0.15) is 0 Å². The lowest BCUT2D eigenvalue weighted by Gasteiger charge is -2.48. The van der Waals surface area contributed by atoms with Gasteiger partial charge in [-0.2, -0.15) is 0 Å². The third-order valence-electron chi connectivity index (χ3n) is 9.31. The van der Waals surface area contributed by atoms with Crippen molar-refractivity contribution in [3.05, 3.63) is 35.5 Å². The minimum atomic E-state index is -0.610. The summed E-state index contributed by atoms with van der Waals surface area (Å²) in [6.07, 6.45) is 10.8. The maximum absolute atomic E-state index is 10.2. The van der Waals surface area contributed by atoms with Crippen molar-refractivity contribution in [2.24, 2.45) is 23.2 Å². The molecule has 1 aliphatic heterocycles. The first-order valence-electron chi connectivity index (χ1n) is 12.9. The number of allylic oxidation sites excluding steroid dienone is 3. The van der Waals surface area contributed by atoms with Crippen molar-refractivity contribution in [2.75, 3.05) is 26.3 Å². The molecule has 1 saturated heterocycles. The van der Waals surface area contributed by atoms with Crippen LogP contribution in [0.1, 0.15) is 72.6 Å². The number of aliphatic hydroxyl groups excluding tert-OH is 2. The number of morpholine rings is 1. The number of hydrogen-bond acceptors (Lipinski definition) is 4. The fourth-order valence-electron chi connectivity index (χ4n) is 7.38. The SMILES string of the molecule is C=C1/C(=C\C=C2/CCC[C@]3(C)[C@@H](C(C)CN4CCOCC4(C)C)CC[C@@H]23)C[C@@H](O)C[C@H]1O. The Kier molecular flexibility index (Phi) is 7.08. The van der Waals surface area contributed by atoms with E-state index < -0.39 is 12.2 Å². The summed E-state index contributed by atoms with van der Waals surface area (Å²) in [6.45, 7) is 17.7. The van der Waals surface area contributed by atoms with Crippen LogP contribution in [0.4, 0.5) is 0 Å². The van der Waals surface area contributed by atoms with E-state index in [2.05, 4.69) is 51.3 Å². The Hall–Kier alpha value is -0.940. The van der Waals surface area contributed by atoms with E-state index in [1.54, 1.807) is 5.57 Å². The van der Waals surface area contributed by atoms with Gasteiger partial charge in [-0.3, -0.25) is 4.90 Å². The van der Waals surface area contributed by atoms with Gasteiger partial charge < -0.3 is 14.9 Å². The molecule has 4 heteroatoms. The molecular weight excluding hydrogens is 398 g/mol. The summed E-state index contributed by atoms with van der Waals surface area (Å²) < 4.78 is 5.75. The van der Waals surface area contributed by atoms with Gasteiger partial charge >= 0.3 is 0 Å². The van der Waals surface area contributed by atoms with E-state index in [0.717, 1.165) is 36.8 Å². The van der Waals surface area contributed by atoms with E-state index in [4.69, 9.17) is 4.74 Å². The average Bonchev–Trinajstić information content (AvgIpc) is 3.08. The van der Waals surface area contributed by atoms with Crippen LogP contribution in [-0.4, -0.2) is 59.2 Å². The second kappa shape index (κ2) is 9.37. The Labute approximate surface area is 195 Å². The fraction of sp³-hybridized carbons (Fsp3) is 0.786. The van der Waals surface area contributed by atoms with E-state index in [1.807, 2.05) is 0 Å². The van der Waals surface area contributed by atoms with Gasteiger partial charge in [-0.05, 0) is 86.7 Å². The van der Waals surface area contributed by atoms with Crippen LogP contribution < -0.4 is 0 Å². The number of nitrogens with zero attached hydrogens (tertiary/aromatic N) is 1. The number of rotatable bonds is 4. The number of ether oxygens (including phenoxy) is 1. The topological polar surface area (TPSA) is 52.9 Å². The molecule has 4 fully saturated rings. The van der Waals surface area contributed by atoms with Crippen LogP contribution in [0.5, 0.6) is 0 Å². The molecule has 4 aliphatic rings. The molecule has 6 atom stereocenters. The van der Waals surface area contributed by atoms with Crippen LogP contribution in [0.25, 0.3) is 0 Å². The molecule has 0 aromatic rings. The number of fused-ring (bicyclic) bond motifs is 1. The standard InChI is InChI=1S/C28H45NO3/c1-19(17-29-13-14-32-18-27(29,3)4)24-10-11-25-21(7-6-12-28(24,25)5)8-9-22-15-23(30)16-26(31)20(22)2/h8-9,19,23-26,30-31H,2,6-7,10-18H2,1,3-5H3/b21-8+,22-9-/t19?,23-,24-,25+,26-,28-/m1/s1. The van der Waals surface area contributed by atoms with Crippen LogP contribution in [0.3, 0.4) is 0 Å². The second-order valence-electron chi connectivity index (χ2n) is 12.0. The van der Waals surface area contributed by atoms with E-state index >= 15 is 0 Å². The van der Waals surface area contributed by atoms with Crippen molar-refractivity contribution < 1.29 is 14.9 Å². The maximum atomic E-state index is 10.2. The summed E-state index contributed by atoms with van der Waals surface area (Å²) >= 11 is 0. The van der Waals surface area contributed by atoms with Crippen molar-refractivity contribution in [3.63, 3.8) is 0 Å². The molecule has 180 valence electrons. The third kappa shape index (κ3) is 4.66. The van der Waals surface area contributed by atoms with Gasteiger partial charge in [0.05, 0.1) is 25.4 Å². The van der Waals surface area contributed by atoms with Gasteiger partial charge in [-0.25, -0.2) is 0 Å². The largest absolute Gasteiger partial charge is 0.393 e. The summed E-state index contributed by atoms with van der Waals surface area (Å²) in [7, 11) is 0. The van der Waals surface area contributed by atoms with E-state index in [-0.39, 0.29) is 5.54 Å². The lowest BCUT2D eigenvalue weighted by Crippen LogP contribution is -2.55. The van der Waals surface area contributed by atoms with Crippen LogP contribution in [0, 0.1) is 23.2 Å². The molecule has 0 spiro atoms. The second-order valence-corrected chi connectivity index (χ2v) is 12.0. The van der Waals surface area contributed by atoms with Crippen molar-refractivity contribution in [1.82, 2.24) is 4.90 Å². The van der Waals surface area contributed by atoms with Crippen molar-refractivity contribution >= 4 is 0 Å². The minimum Gasteiger partial charge on any atom is -0.393 e. The summed E-state index contributed by atoms with van der Waals surface area (Å²) in [5, 5.41) is 20.3. The number of aliphatic hydroxyl groups is 2. The van der Waals surface area contributed by atoms with Crippen LogP contribution >= 0.6 is 0 Å². The molecule has 1 unspecified atom stereocenters. The molecule has 32 heavy (non-hydrogen) atoms. The normalized spacial score (nSPS) is 41.8. The van der Waals surface area contributed by atoms with E-state index in [0.29, 0.717) is 30.1 Å². The summed E-state index contributed by atoms with van der Waals surface area (Å²) in [5.41, 5.74) is 3.90. The predicted octanol–water partition coefficient (Wildman–Crippen LogP) is 4.87. The highest BCUT2D eigenvalue weighted by atomic mass is 16.5. The molecule has 0 aromatic carbocycles. The van der Waals surface area contributed by atoms with Gasteiger partial charge in [-0.15, -0.1) is 0 Å². The lowest BCUT2D eigenvalue weighted by atomic mass is 9.61. The molecule has 3 saturated carbocycles. The zero-order valence-electron chi connectivity index (χ0n) is 20.8. The van der Waals surface area contributed by atoms with Gasteiger partial charge in [0.2, 0.25) is 0 Å². The molecule has 1 heterocycles. The fourth-order valence-corrected chi connectivity index (χ4v) is 7.38. The average molecular weight is 444 g/mol. The quantitative estimate of drug-likeness (QED) is 0.651. The minimum absolute atomic E-state index is 0.132. The molecule has 0 bridgehead atoms.